The van der Waals surface area contributed by atoms with Crippen LogP contribution in [0, 0.1) is 94.1 Å². The van der Waals surface area contributed by atoms with Gasteiger partial charge in [0.05, 0.1) is 12.2 Å². The van der Waals surface area contributed by atoms with Gasteiger partial charge in [-0.3, -0.25) is 0 Å². The largest absolute Gasteiger partial charge is 0.510 e. The van der Waals surface area contributed by atoms with Crippen LogP contribution in [0.1, 0.15) is 51.2 Å². The monoisotopic (exact) mass is 1430 g/mol. The smallest absolute Gasteiger partial charge is 0.354 e. The zero-order valence-electron chi connectivity index (χ0n) is 37.9. The van der Waals surface area contributed by atoms with E-state index in [9.17, 15) is 4.79 Å². The summed E-state index contributed by atoms with van der Waals surface area (Å²) in [6.45, 7) is 9.25. The fourth-order valence-corrected chi connectivity index (χ4v) is 4.42. The number of pyridine rings is 2. The van der Waals surface area contributed by atoms with Gasteiger partial charge in [0.15, 0.2) is 0 Å². The molecule has 7 rings (SSSR count). The Kier molecular flexibility index (Phi) is 55.7. The summed E-state index contributed by atoms with van der Waals surface area (Å²) in [6.07, 6.45) is 16.4. The first kappa shape index (κ1) is 80.8. The number of aromatic nitrogens is 2. The van der Waals surface area contributed by atoms with E-state index in [0.29, 0.717) is 12.0 Å². The van der Waals surface area contributed by atoms with Crippen LogP contribution in [0.4, 0.5) is 17.1 Å². The number of nitriles is 1. The molecule has 0 spiro atoms. The maximum absolute atomic E-state index is 10.1. The molecule has 3 radical (unpaired) electrons. The van der Waals surface area contributed by atoms with Crippen LogP contribution in [-0.2, 0) is 60.3 Å². The van der Waals surface area contributed by atoms with E-state index in [-0.39, 0.29) is 138 Å². The van der Waals surface area contributed by atoms with Crippen LogP contribution in [0.3, 0.4) is 0 Å². The number of aromatic carboxylic acids is 1. The number of carboxylic acid groups (broad SMARTS) is 1. The van der Waals surface area contributed by atoms with Crippen molar-refractivity contribution < 1.29 is 80.4 Å². The molecule has 2 unspecified atom stereocenters. The van der Waals surface area contributed by atoms with Gasteiger partial charge in [-0.05, 0) is 90.7 Å². The van der Waals surface area contributed by atoms with Crippen LogP contribution in [-0.4, -0.2) is 79.3 Å². The van der Waals surface area contributed by atoms with E-state index < -0.39 is 5.97 Å². The number of carboxylic acids is 1. The number of anilines is 3. The van der Waals surface area contributed by atoms with Gasteiger partial charge in [-0.25, -0.2) is 21.1 Å². The number of hydrogen-bond donors (Lipinski definition) is 3. The van der Waals surface area contributed by atoms with E-state index in [0.717, 1.165) is 17.1 Å². The third-order valence-corrected chi connectivity index (χ3v) is 6.93. The molecule has 375 valence electrons. The minimum atomic E-state index is -0.990. The van der Waals surface area contributed by atoms with Crippen LogP contribution in [0.15, 0.2) is 123 Å². The van der Waals surface area contributed by atoms with Crippen molar-refractivity contribution in [1.82, 2.24) is 24.7 Å². The Morgan fingerprint density at radius 1 is 0.662 bits per heavy atom. The fourth-order valence-electron chi connectivity index (χ4n) is 4.42. The summed E-state index contributed by atoms with van der Waals surface area (Å²) in [5.41, 5.74) is 3.72. The molecule has 0 aliphatic carbocycles. The predicted octanol–water partition coefficient (Wildman–Crippen LogP) is 9.64. The van der Waals surface area contributed by atoms with Gasteiger partial charge >= 0.3 is 5.97 Å². The zero-order chi connectivity index (χ0) is 39.3. The SMILES string of the molecule is C.C.CC(O)CC(C)O.CN1C=CN(c2[c-]cc(C#N)cc2)[CH-]1.CN1C=CN(c2[c-]cccc2)[CH-]1.CN1C=CN(c2[c-]cncc2)[CH-]1.O=C(O)c1ccccn1.[CH3-].[CH3-].[CH3-].[CH3-].[CH3-].[CH3-].[Ir].[Ir].[Ir]. The molecule has 16 heteroatoms. The molecule has 2 aromatic heterocycles. The first-order valence-corrected chi connectivity index (χ1v) is 16.8. The predicted molar refractivity (Wildman–Crippen MR) is 261 cm³/mol. The van der Waals surface area contributed by atoms with E-state index in [1.165, 1.54) is 12.3 Å². The number of carbonyl (C=O) groups is 1. The molecule has 0 saturated carbocycles. The van der Waals surface area contributed by atoms with E-state index in [1.807, 2.05) is 144 Å². The van der Waals surface area contributed by atoms with Gasteiger partial charge in [-0.1, -0.05) is 38.9 Å². The molecule has 3 aliphatic heterocycles. The summed E-state index contributed by atoms with van der Waals surface area (Å²) < 4.78 is 0. The molecule has 3 aliphatic rings. The van der Waals surface area contributed by atoms with Gasteiger partial charge in [0.2, 0.25) is 0 Å². The number of aliphatic hydroxyl groups is 2. The third-order valence-electron chi connectivity index (χ3n) is 6.93. The maximum atomic E-state index is 10.1. The maximum Gasteiger partial charge on any atom is 0.354 e. The molecule has 4 aromatic rings. The molecule has 0 fully saturated rings. The second-order valence-corrected chi connectivity index (χ2v) is 11.9. The summed E-state index contributed by atoms with van der Waals surface area (Å²) >= 11 is 0. The molecule has 3 N–H and O–H groups in total. The number of para-hydroxylation sites is 1. The van der Waals surface area contributed by atoms with E-state index in [1.54, 1.807) is 50.5 Å². The molecular weight excluding hydrogens is 1360 g/mol. The summed E-state index contributed by atoms with van der Waals surface area (Å²) in [5.74, 6) is -0.990. The van der Waals surface area contributed by atoms with Crippen LogP contribution in [0.5, 0.6) is 0 Å². The van der Waals surface area contributed by atoms with Crippen molar-refractivity contribution in [2.24, 2.45) is 0 Å². The number of aliphatic hydroxyl groups excluding tert-OH is 2. The number of hydrogen-bond acceptors (Lipinski definition) is 12. The summed E-state index contributed by atoms with van der Waals surface area (Å²) in [7, 11) is 5.94. The average molecular weight is 1430 g/mol. The van der Waals surface area contributed by atoms with Crippen LogP contribution < -0.4 is 14.7 Å². The normalized spacial score (nSPS) is 12.2. The molecule has 2 atom stereocenters. The van der Waals surface area contributed by atoms with Crippen LogP contribution >= 0.6 is 0 Å². The Bertz CT molecular complexity index is 1740. The zero-order valence-corrected chi connectivity index (χ0v) is 45.1. The van der Waals surface area contributed by atoms with Crippen molar-refractivity contribution in [3.63, 3.8) is 0 Å². The van der Waals surface area contributed by atoms with Gasteiger partial charge in [0.1, 0.15) is 5.69 Å². The molecule has 13 nitrogen and oxygen atoms in total. The van der Waals surface area contributed by atoms with Gasteiger partial charge in [-0.2, -0.15) is 80.3 Å². The quantitative estimate of drug-likeness (QED) is 0.158. The summed E-state index contributed by atoms with van der Waals surface area (Å²) in [6, 6.07) is 31.2. The Hall–Kier alpha value is -4.41. The second kappa shape index (κ2) is 44.8. The molecule has 5 heterocycles. The van der Waals surface area contributed by atoms with Crippen LogP contribution in [0.2, 0.25) is 0 Å². The molecule has 65 heavy (non-hydrogen) atoms. The number of benzene rings is 2. The van der Waals surface area contributed by atoms with E-state index >= 15 is 0 Å². The first-order chi connectivity index (χ1) is 25.9. The summed E-state index contributed by atoms with van der Waals surface area (Å²) in [5, 5.41) is 34.1. The van der Waals surface area contributed by atoms with Crippen LogP contribution in [0.25, 0.3) is 0 Å². The van der Waals surface area contributed by atoms with Crippen molar-refractivity contribution in [2.75, 3.05) is 35.8 Å². The Morgan fingerprint density at radius 2 is 1.12 bits per heavy atom. The summed E-state index contributed by atoms with van der Waals surface area (Å²) in [4.78, 5) is 29.5. The molecule has 2 aromatic carbocycles. The van der Waals surface area contributed by atoms with Crippen molar-refractivity contribution >= 4 is 23.0 Å². The number of rotatable bonds is 6. The molecule has 0 bridgehead atoms. The Balaban J connectivity index is -0.0000000839. The van der Waals surface area contributed by atoms with Gasteiger partial charge in [0.25, 0.3) is 0 Å². The minimum Gasteiger partial charge on any atom is -0.510 e. The molecular formula is C49H71Ir3N9O4-12. The Morgan fingerprint density at radius 3 is 1.40 bits per heavy atom. The fraction of sp³-hybridized carbons (Fsp3) is 0.204. The van der Waals surface area contributed by atoms with Crippen molar-refractivity contribution in [2.45, 2.75) is 47.3 Å². The second-order valence-electron chi connectivity index (χ2n) is 11.9. The van der Waals surface area contributed by atoms with Gasteiger partial charge in [0, 0.05) is 72.6 Å². The first-order valence-electron chi connectivity index (χ1n) is 16.8. The Labute approximate surface area is 436 Å². The van der Waals surface area contributed by atoms with E-state index in [4.69, 9.17) is 20.6 Å². The number of nitrogens with zero attached hydrogens (tertiary/aromatic N) is 9. The van der Waals surface area contributed by atoms with Gasteiger partial charge in [-0.15, -0.1) is 17.4 Å². The standard InChI is InChI=1S/C11H9N3.C10H10N2.C9H9N3.C6H5NO2.C5H12O2.2CH4.6CH3.3Ir/c1-13-6-7-14(9-13)11-4-2-10(8-12)3-5-11;1-11-7-8-12(9-11)10-5-3-2-4-6-10;1-11-6-7-12(8-11)9-2-4-10-5-3-9;8-6(9)5-3-1-2-4-7-5;1-4(6)3-5(2)7;;;;;;;;;;;/h2-4,6-7,9H,1H3;2-5,7-9H,1H3;2,4-8H,1H3;1-4H,(H,8,9);4-7H,3H2,1-2H3;2*1H4;6*1H3;;;/q3*-2;;;;;6*-1;;;. The van der Waals surface area contributed by atoms with Crippen molar-refractivity contribution in [3.05, 3.63) is 217 Å². The van der Waals surface area contributed by atoms with Crippen molar-refractivity contribution in [3.8, 4) is 6.07 Å². The third kappa shape index (κ3) is 32.0. The van der Waals surface area contributed by atoms with Gasteiger partial charge < -0.3 is 94.3 Å². The van der Waals surface area contributed by atoms with Crippen molar-refractivity contribution in [1.29, 1.82) is 5.26 Å². The van der Waals surface area contributed by atoms with E-state index in [2.05, 4.69) is 34.2 Å². The average Bonchev–Trinajstić information content (AvgIpc) is 3.94. The molecule has 0 amide bonds. The topological polar surface area (TPSA) is 147 Å². The minimum absolute atomic E-state index is 0. The molecule has 0 saturated heterocycles.